The van der Waals surface area contributed by atoms with E-state index in [1.54, 1.807) is 0 Å². The molecule has 0 aliphatic carbocycles. The summed E-state index contributed by atoms with van der Waals surface area (Å²) in [6, 6.07) is 13.2. The number of hydrogen-bond acceptors (Lipinski definition) is 4. The highest BCUT2D eigenvalue weighted by atomic mass is 35.5. The number of rotatable bonds is 5. The lowest BCUT2D eigenvalue weighted by Gasteiger charge is -2.38. The minimum Gasteiger partial charge on any atom is -0.340 e. The number of hydrogen-bond donors (Lipinski definition) is 0. The van der Waals surface area contributed by atoms with Crippen LogP contribution >= 0.6 is 11.6 Å². The molecule has 32 heavy (non-hydrogen) atoms. The summed E-state index contributed by atoms with van der Waals surface area (Å²) in [6.45, 7) is 4.15. The molecule has 2 fully saturated rings. The fraction of sp³-hybridized carbons (Fsp3) is 0.435. The van der Waals surface area contributed by atoms with Crippen LogP contribution in [-0.4, -0.2) is 67.7 Å². The first-order valence-electron chi connectivity index (χ1n) is 10.8. The van der Waals surface area contributed by atoms with Crippen molar-refractivity contribution in [3.05, 3.63) is 64.9 Å². The Morgan fingerprint density at radius 3 is 2.31 bits per heavy atom. The summed E-state index contributed by atoms with van der Waals surface area (Å²) in [6.07, 6.45) is 0.907. The molecule has 6 nitrogen and oxygen atoms in total. The molecule has 2 aromatic rings. The van der Waals surface area contributed by atoms with E-state index in [-0.39, 0.29) is 29.8 Å². The van der Waals surface area contributed by atoms with E-state index < -0.39 is 15.8 Å². The Labute approximate surface area is 193 Å². The average molecular weight is 480 g/mol. The molecule has 0 spiro atoms. The fourth-order valence-electron chi connectivity index (χ4n) is 4.41. The van der Waals surface area contributed by atoms with Gasteiger partial charge in [0, 0.05) is 56.8 Å². The summed E-state index contributed by atoms with van der Waals surface area (Å²) in [4.78, 5) is 16.9. The van der Waals surface area contributed by atoms with Crippen molar-refractivity contribution in [2.45, 2.75) is 24.3 Å². The number of nitrogens with zero attached hydrogens (tertiary/aromatic N) is 3. The SMILES string of the molecule is O=C(C1CCN(S(=O)(=O)c2ccccc2F)CC1)N1CCN(Cc2cccc(Cl)c2)CC1. The second kappa shape index (κ2) is 9.87. The van der Waals surface area contributed by atoms with Gasteiger partial charge in [-0.3, -0.25) is 9.69 Å². The van der Waals surface area contributed by atoms with Crippen LogP contribution in [0, 0.1) is 11.7 Å². The van der Waals surface area contributed by atoms with Gasteiger partial charge in [-0.25, -0.2) is 12.8 Å². The molecule has 2 saturated heterocycles. The number of amides is 1. The van der Waals surface area contributed by atoms with E-state index in [0.717, 1.165) is 36.3 Å². The van der Waals surface area contributed by atoms with Gasteiger partial charge in [0.15, 0.2) is 0 Å². The normalized spacial score (nSPS) is 19.2. The van der Waals surface area contributed by atoms with Crippen molar-refractivity contribution in [1.82, 2.24) is 14.1 Å². The number of halogens is 2. The van der Waals surface area contributed by atoms with Gasteiger partial charge in [0.05, 0.1) is 0 Å². The summed E-state index contributed by atoms with van der Waals surface area (Å²) >= 11 is 6.06. The van der Waals surface area contributed by atoms with Crippen LogP contribution in [0.1, 0.15) is 18.4 Å². The maximum atomic E-state index is 14.0. The minimum atomic E-state index is -3.89. The lowest BCUT2D eigenvalue weighted by Crippen LogP contribution is -2.51. The van der Waals surface area contributed by atoms with Gasteiger partial charge in [-0.05, 0) is 42.7 Å². The number of piperazine rings is 1. The smallest absolute Gasteiger partial charge is 0.245 e. The van der Waals surface area contributed by atoms with Crippen LogP contribution in [0.3, 0.4) is 0 Å². The number of carbonyl (C=O) groups excluding carboxylic acids is 1. The quantitative estimate of drug-likeness (QED) is 0.660. The van der Waals surface area contributed by atoms with Gasteiger partial charge in [-0.2, -0.15) is 4.31 Å². The van der Waals surface area contributed by atoms with Gasteiger partial charge in [-0.15, -0.1) is 0 Å². The molecule has 172 valence electrons. The number of carbonyl (C=O) groups is 1. The topological polar surface area (TPSA) is 60.9 Å². The van der Waals surface area contributed by atoms with E-state index in [2.05, 4.69) is 4.90 Å². The van der Waals surface area contributed by atoms with E-state index in [4.69, 9.17) is 11.6 Å². The number of sulfonamides is 1. The monoisotopic (exact) mass is 479 g/mol. The van der Waals surface area contributed by atoms with Crippen LogP contribution in [0.5, 0.6) is 0 Å². The summed E-state index contributed by atoms with van der Waals surface area (Å²) in [5.74, 6) is -0.849. The molecular weight excluding hydrogens is 453 g/mol. The Balaban J connectivity index is 1.28. The van der Waals surface area contributed by atoms with Crippen LogP contribution in [0.25, 0.3) is 0 Å². The lowest BCUT2D eigenvalue weighted by molar-refractivity contribution is -0.138. The second-order valence-corrected chi connectivity index (χ2v) is 10.7. The summed E-state index contributed by atoms with van der Waals surface area (Å²) in [7, 11) is -3.89. The molecule has 0 bridgehead atoms. The number of benzene rings is 2. The molecule has 0 radical (unpaired) electrons. The molecule has 4 rings (SSSR count). The molecule has 2 aliphatic heterocycles. The molecule has 0 unspecified atom stereocenters. The van der Waals surface area contributed by atoms with Gasteiger partial charge in [0.2, 0.25) is 15.9 Å². The van der Waals surface area contributed by atoms with Gasteiger partial charge < -0.3 is 4.90 Å². The predicted molar refractivity (Wildman–Crippen MR) is 121 cm³/mol. The predicted octanol–water partition coefficient (Wildman–Crippen LogP) is 3.22. The molecule has 2 aliphatic rings. The van der Waals surface area contributed by atoms with Crippen LogP contribution in [0.15, 0.2) is 53.4 Å². The Bertz CT molecular complexity index is 1070. The van der Waals surface area contributed by atoms with Crippen molar-refractivity contribution in [2.75, 3.05) is 39.3 Å². The van der Waals surface area contributed by atoms with E-state index >= 15 is 0 Å². The molecule has 2 aromatic carbocycles. The molecule has 2 heterocycles. The van der Waals surface area contributed by atoms with Gasteiger partial charge in [0.25, 0.3) is 0 Å². The second-order valence-electron chi connectivity index (χ2n) is 8.34. The highest BCUT2D eigenvalue weighted by Crippen LogP contribution is 2.27. The molecule has 9 heteroatoms. The van der Waals surface area contributed by atoms with Crippen LogP contribution < -0.4 is 0 Å². The third-order valence-electron chi connectivity index (χ3n) is 6.24. The molecular formula is C23H27ClFN3O3S. The fourth-order valence-corrected chi connectivity index (χ4v) is 6.16. The van der Waals surface area contributed by atoms with Crippen molar-refractivity contribution >= 4 is 27.5 Å². The van der Waals surface area contributed by atoms with Gasteiger partial charge in [0.1, 0.15) is 10.7 Å². The molecule has 1 amide bonds. The largest absolute Gasteiger partial charge is 0.340 e. The first-order chi connectivity index (χ1) is 15.3. The Morgan fingerprint density at radius 1 is 0.969 bits per heavy atom. The van der Waals surface area contributed by atoms with Gasteiger partial charge in [-0.1, -0.05) is 35.9 Å². The standard InChI is InChI=1S/C23H27ClFN3O3S/c24-20-5-3-4-18(16-20)17-26-12-14-27(15-13-26)23(29)19-8-10-28(11-9-19)32(30,31)22-7-2-1-6-21(22)25/h1-7,16,19H,8-15,17H2. The highest BCUT2D eigenvalue weighted by Gasteiger charge is 2.35. The van der Waals surface area contributed by atoms with E-state index in [0.29, 0.717) is 25.9 Å². The minimum absolute atomic E-state index is 0.0929. The number of piperidine rings is 1. The van der Waals surface area contributed by atoms with Crippen molar-refractivity contribution < 1.29 is 17.6 Å². The summed E-state index contributed by atoms with van der Waals surface area (Å²) in [5.41, 5.74) is 1.15. The summed E-state index contributed by atoms with van der Waals surface area (Å²) < 4.78 is 40.8. The van der Waals surface area contributed by atoms with Crippen molar-refractivity contribution in [2.24, 2.45) is 5.92 Å². The van der Waals surface area contributed by atoms with E-state index in [1.807, 2.05) is 29.2 Å². The zero-order valence-electron chi connectivity index (χ0n) is 17.8. The Morgan fingerprint density at radius 2 is 1.66 bits per heavy atom. The van der Waals surface area contributed by atoms with E-state index in [9.17, 15) is 17.6 Å². The zero-order chi connectivity index (χ0) is 22.7. The van der Waals surface area contributed by atoms with Gasteiger partial charge >= 0.3 is 0 Å². The van der Waals surface area contributed by atoms with Crippen molar-refractivity contribution in [3.63, 3.8) is 0 Å². The maximum absolute atomic E-state index is 14.0. The molecule has 0 atom stereocenters. The first-order valence-corrected chi connectivity index (χ1v) is 12.7. The molecule has 0 N–H and O–H groups in total. The highest BCUT2D eigenvalue weighted by molar-refractivity contribution is 7.89. The lowest BCUT2D eigenvalue weighted by atomic mass is 9.96. The third-order valence-corrected chi connectivity index (χ3v) is 8.40. The van der Waals surface area contributed by atoms with Crippen molar-refractivity contribution in [1.29, 1.82) is 0 Å². The van der Waals surface area contributed by atoms with E-state index in [1.165, 1.54) is 22.5 Å². The van der Waals surface area contributed by atoms with Crippen LogP contribution in [-0.2, 0) is 21.4 Å². The Kier molecular flexibility index (Phi) is 7.14. The Hall–Kier alpha value is -2.00. The van der Waals surface area contributed by atoms with Crippen LogP contribution in [0.4, 0.5) is 4.39 Å². The average Bonchev–Trinajstić information content (AvgIpc) is 2.79. The molecule has 0 saturated carbocycles. The molecule has 0 aromatic heterocycles. The first kappa shape index (κ1) is 23.2. The maximum Gasteiger partial charge on any atom is 0.245 e. The third kappa shape index (κ3) is 5.14. The van der Waals surface area contributed by atoms with Crippen LogP contribution in [0.2, 0.25) is 5.02 Å². The van der Waals surface area contributed by atoms with Crippen molar-refractivity contribution in [3.8, 4) is 0 Å². The zero-order valence-corrected chi connectivity index (χ0v) is 19.4. The summed E-state index contributed by atoms with van der Waals surface area (Å²) in [5, 5.41) is 0.722.